The van der Waals surface area contributed by atoms with Gasteiger partial charge >= 0.3 is 0 Å². The summed E-state index contributed by atoms with van der Waals surface area (Å²) in [5, 5.41) is 1.75. The Bertz CT molecular complexity index is 128. The highest BCUT2D eigenvalue weighted by molar-refractivity contribution is 6.83. The van der Waals surface area contributed by atoms with E-state index in [9.17, 15) is 0 Å². The molecule has 0 saturated heterocycles. The van der Waals surface area contributed by atoms with Gasteiger partial charge < -0.3 is 0 Å². The molecular weight excluding hydrogens is 148 g/mol. The summed E-state index contributed by atoms with van der Waals surface area (Å²) in [6, 6.07) is 0. The van der Waals surface area contributed by atoms with E-state index in [2.05, 4.69) is 39.6 Å². The van der Waals surface area contributed by atoms with Crippen LogP contribution < -0.4 is 0 Å². The van der Waals surface area contributed by atoms with Crippen molar-refractivity contribution in [3.05, 3.63) is 11.3 Å². The second-order valence-corrected chi connectivity index (χ2v) is 9.28. The number of allylic oxidation sites excluding steroid dienone is 2. The van der Waals surface area contributed by atoms with Gasteiger partial charge in [0.2, 0.25) is 0 Å². The molecule has 66 valence electrons. The predicted molar refractivity (Wildman–Crippen MR) is 56.6 cm³/mol. The van der Waals surface area contributed by atoms with Gasteiger partial charge in [0.1, 0.15) is 0 Å². The Morgan fingerprint density at radius 1 is 1.18 bits per heavy atom. The maximum Gasteiger partial charge on any atom is 0.0720 e. The standard InChI is InChI=1S/C10H22Si/c1-6-8-10(9-7-2)11(3,4)5/h8H,6-7,9H2,1-5H3/b10-8+. The van der Waals surface area contributed by atoms with Gasteiger partial charge in [0.05, 0.1) is 8.07 Å². The quantitative estimate of drug-likeness (QED) is 0.559. The van der Waals surface area contributed by atoms with E-state index >= 15 is 0 Å². The summed E-state index contributed by atoms with van der Waals surface area (Å²) in [4.78, 5) is 0. The fourth-order valence-electron chi connectivity index (χ4n) is 1.30. The van der Waals surface area contributed by atoms with Crippen LogP contribution in [0.5, 0.6) is 0 Å². The Labute approximate surface area is 72.7 Å². The molecule has 0 amide bonds. The number of rotatable bonds is 4. The first-order valence-electron chi connectivity index (χ1n) is 4.71. The zero-order valence-electron chi connectivity index (χ0n) is 8.70. The molecule has 0 heterocycles. The molecule has 0 aromatic heterocycles. The third-order valence-electron chi connectivity index (χ3n) is 1.93. The van der Waals surface area contributed by atoms with Crippen molar-refractivity contribution < 1.29 is 0 Å². The van der Waals surface area contributed by atoms with Crippen LogP contribution >= 0.6 is 0 Å². The monoisotopic (exact) mass is 170 g/mol. The van der Waals surface area contributed by atoms with Crippen molar-refractivity contribution in [2.24, 2.45) is 0 Å². The zero-order chi connectivity index (χ0) is 8.91. The van der Waals surface area contributed by atoms with Gasteiger partial charge in [-0.3, -0.25) is 0 Å². The minimum absolute atomic E-state index is 0.967. The Morgan fingerprint density at radius 3 is 2.00 bits per heavy atom. The van der Waals surface area contributed by atoms with E-state index in [0.717, 1.165) is 0 Å². The third kappa shape index (κ3) is 4.41. The summed E-state index contributed by atoms with van der Waals surface area (Å²) in [5.74, 6) is 0. The first-order chi connectivity index (χ1) is 5.02. The maximum atomic E-state index is 2.44. The molecule has 0 N–H and O–H groups in total. The van der Waals surface area contributed by atoms with Crippen molar-refractivity contribution in [1.29, 1.82) is 0 Å². The van der Waals surface area contributed by atoms with E-state index in [1.54, 1.807) is 5.20 Å². The molecule has 0 aromatic rings. The molecular formula is C10H22Si. The molecule has 0 nitrogen and oxygen atoms in total. The lowest BCUT2D eigenvalue weighted by atomic mass is 10.3. The molecule has 0 radical (unpaired) electrons. The average molecular weight is 170 g/mol. The van der Waals surface area contributed by atoms with Crippen LogP contribution in [0.2, 0.25) is 19.6 Å². The second-order valence-electron chi connectivity index (χ2n) is 4.14. The van der Waals surface area contributed by atoms with Gasteiger partial charge in [-0.2, -0.15) is 0 Å². The molecule has 0 saturated carbocycles. The summed E-state index contributed by atoms with van der Waals surface area (Å²) in [5.41, 5.74) is 0. The molecule has 0 atom stereocenters. The molecule has 1 heteroatoms. The number of hydrogen-bond acceptors (Lipinski definition) is 0. The first kappa shape index (κ1) is 11.0. The van der Waals surface area contributed by atoms with Gasteiger partial charge in [-0.25, -0.2) is 0 Å². The SMILES string of the molecule is CC/C=C(\CCC)[Si](C)(C)C. The molecule has 0 aliphatic carbocycles. The Hall–Kier alpha value is -0.0431. The molecule has 0 aliphatic rings. The molecule has 0 aliphatic heterocycles. The predicted octanol–water partition coefficient (Wildman–Crippen LogP) is 4.00. The highest BCUT2D eigenvalue weighted by atomic mass is 28.3. The summed E-state index contributed by atoms with van der Waals surface area (Å²) in [6.07, 6.45) is 6.27. The second kappa shape index (κ2) is 4.76. The van der Waals surface area contributed by atoms with Gasteiger partial charge in [-0.1, -0.05) is 51.2 Å². The molecule has 11 heavy (non-hydrogen) atoms. The van der Waals surface area contributed by atoms with Crippen LogP contribution in [0.1, 0.15) is 33.1 Å². The van der Waals surface area contributed by atoms with Crippen molar-refractivity contribution in [2.75, 3.05) is 0 Å². The Balaban J connectivity index is 4.22. The summed E-state index contributed by atoms with van der Waals surface area (Å²) in [7, 11) is -0.967. The lowest BCUT2D eigenvalue weighted by Crippen LogP contribution is -2.23. The molecule has 0 rings (SSSR count). The van der Waals surface area contributed by atoms with Gasteiger partial charge in [0.25, 0.3) is 0 Å². The minimum atomic E-state index is -0.967. The fourth-order valence-corrected chi connectivity index (χ4v) is 3.12. The van der Waals surface area contributed by atoms with E-state index in [1.165, 1.54) is 19.3 Å². The smallest absolute Gasteiger partial charge is 0.0720 e. The van der Waals surface area contributed by atoms with Crippen molar-refractivity contribution in [2.45, 2.75) is 52.8 Å². The highest BCUT2D eigenvalue weighted by Crippen LogP contribution is 2.19. The van der Waals surface area contributed by atoms with Crippen LogP contribution in [-0.4, -0.2) is 8.07 Å². The summed E-state index contributed by atoms with van der Waals surface area (Å²) in [6.45, 7) is 11.8. The van der Waals surface area contributed by atoms with Crippen molar-refractivity contribution >= 4 is 8.07 Å². The minimum Gasteiger partial charge on any atom is -0.0894 e. The fraction of sp³-hybridized carbons (Fsp3) is 0.800. The van der Waals surface area contributed by atoms with Gasteiger partial charge in [0.15, 0.2) is 0 Å². The highest BCUT2D eigenvalue weighted by Gasteiger charge is 2.17. The molecule has 0 spiro atoms. The van der Waals surface area contributed by atoms with Gasteiger partial charge in [0, 0.05) is 0 Å². The van der Waals surface area contributed by atoms with Crippen LogP contribution in [-0.2, 0) is 0 Å². The summed E-state index contributed by atoms with van der Waals surface area (Å²) >= 11 is 0. The Morgan fingerprint density at radius 2 is 1.73 bits per heavy atom. The first-order valence-corrected chi connectivity index (χ1v) is 8.21. The van der Waals surface area contributed by atoms with Crippen LogP contribution in [0.15, 0.2) is 11.3 Å². The van der Waals surface area contributed by atoms with Crippen molar-refractivity contribution in [3.8, 4) is 0 Å². The molecule has 0 unspecified atom stereocenters. The lowest BCUT2D eigenvalue weighted by molar-refractivity contribution is 0.927. The molecule has 0 fully saturated rings. The van der Waals surface area contributed by atoms with E-state index in [1.807, 2.05) is 0 Å². The van der Waals surface area contributed by atoms with Crippen LogP contribution in [0.25, 0.3) is 0 Å². The van der Waals surface area contributed by atoms with E-state index < -0.39 is 8.07 Å². The molecule has 0 bridgehead atoms. The lowest BCUT2D eigenvalue weighted by Gasteiger charge is -2.20. The van der Waals surface area contributed by atoms with E-state index in [0.29, 0.717) is 0 Å². The maximum absolute atomic E-state index is 2.44. The third-order valence-corrected chi connectivity index (χ3v) is 4.31. The average Bonchev–Trinajstić information content (AvgIpc) is 1.85. The normalized spacial score (nSPS) is 13.7. The van der Waals surface area contributed by atoms with Gasteiger partial charge in [-0.05, 0) is 12.8 Å². The van der Waals surface area contributed by atoms with E-state index in [4.69, 9.17) is 0 Å². The van der Waals surface area contributed by atoms with Crippen molar-refractivity contribution in [1.82, 2.24) is 0 Å². The largest absolute Gasteiger partial charge is 0.0894 e. The summed E-state index contributed by atoms with van der Waals surface area (Å²) < 4.78 is 0. The molecule has 0 aromatic carbocycles. The van der Waals surface area contributed by atoms with Crippen LogP contribution in [0.3, 0.4) is 0 Å². The van der Waals surface area contributed by atoms with Crippen LogP contribution in [0, 0.1) is 0 Å². The van der Waals surface area contributed by atoms with Crippen LogP contribution in [0.4, 0.5) is 0 Å². The topological polar surface area (TPSA) is 0 Å². The zero-order valence-corrected chi connectivity index (χ0v) is 9.70. The Kier molecular flexibility index (Phi) is 4.74. The number of hydrogen-bond donors (Lipinski definition) is 0. The van der Waals surface area contributed by atoms with Gasteiger partial charge in [-0.15, -0.1) is 0 Å². The van der Waals surface area contributed by atoms with Crippen molar-refractivity contribution in [3.63, 3.8) is 0 Å². The van der Waals surface area contributed by atoms with E-state index in [-0.39, 0.29) is 0 Å².